The molecule has 1 aromatic carbocycles. The normalized spacial score (nSPS) is 13.5. The molecule has 0 radical (unpaired) electrons. The second kappa shape index (κ2) is 6.80. The third-order valence-corrected chi connectivity index (χ3v) is 3.39. The number of carboxylic acid groups (broad SMARTS) is 1. The van der Waals surface area contributed by atoms with Gasteiger partial charge < -0.3 is 15.5 Å². The highest BCUT2D eigenvalue weighted by atomic mass is 79.9. The van der Waals surface area contributed by atoms with Gasteiger partial charge in [-0.2, -0.15) is 0 Å². The summed E-state index contributed by atoms with van der Waals surface area (Å²) in [6.45, 7) is 0. The summed E-state index contributed by atoms with van der Waals surface area (Å²) in [6.07, 6.45) is -0.244. The Labute approximate surface area is 132 Å². The molecule has 2 atom stereocenters. The van der Waals surface area contributed by atoms with Crippen LogP contribution >= 0.6 is 15.9 Å². The third-order valence-electron chi connectivity index (χ3n) is 2.96. The molecule has 8 heteroatoms. The van der Waals surface area contributed by atoms with E-state index in [1.807, 2.05) is 0 Å². The number of benzene rings is 1. The highest BCUT2D eigenvalue weighted by molar-refractivity contribution is 9.10. The van der Waals surface area contributed by atoms with Crippen molar-refractivity contribution in [1.82, 2.24) is 10.3 Å². The average Bonchev–Trinajstić information content (AvgIpc) is 2.46. The molecule has 2 unspecified atom stereocenters. The first-order valence-electron chi connectivity index (χ1n) is 6.11. The van der Waals surface area contributed by atoms with Gasteiger partial charge in [-0.15, -0.1) is 0 Å². The molecule has 1 heterocycles. The largest absolute Gasteiger partial charge is 0.465 e. The van der Waals surface area contributed by atoms with Gasteiger partial charge in [-0.1, -0.05) is 0 Å². The summed E-state index contributed by atoms with van der Waals surface area (Å²) in [5.74, 6) is -1.58. The van der Waals surface area contributed by atoms with E-state index in [0.717, 1.165) is 18.2 Å². The van der Waals surface area contributed by atoms with Crippen LogP contribution in [0.1, 0.15) is 23.3 Å². The van der Waals surface area contributed by atoms with Gasteiger partial charge in [0, 0.05) is 22.4 Å². The van der Waals surface area contributed by atoms with Crippen molar-refractivity contribution in [3.8, 4) is 0 Å². The topological polar surface area (TPSA) is 82.5 Å². The van der Waals surface area contributed by atoms with Crippen molar-refractivity contribution in [3.05, 3.63) is 63.9 Å². The maximum atomic E-state index is 13.8. The molecule has 0 spiro atoms. The zero-order valence-electron chi connectivity index (χ0n) is 11.0. The lowest BCUT2D eigenvalue weighted by atomic mass is 9.96. The Morgan fingerprint density at radius 2 is 2.00 bits per heavy atom. The van der Waals surface area contributed by atoms with Gasteiger partial charge in [-0.25, -0.2) is 13.6 Å². The summed E-state index contributed by atoms with van der Waals surface area (Å²) in [5.41, 5.74) is -0.0494. The maximum absolute atomic E-state index is 13.8. The first-order chi connectivity index (χ1) is 10.4. The van der Waals surface area contributed by atoms with Gasteiger partial charge in [0.1, 0.15) is 17.7 Å². The number of rotatable bonds is 4. The summed E-state index contributed by atoms with van der Waals surface area (Å²) in [6, 6.07) is 2.91. The van der Waals surface area contributed by atoms with Gasteiger partial charge >= 0.3 is 6.09 Å². The Morgan fingerprint density at radius 1 is 1.27 bits per heavy atom. The SMILES string of the molecule is O=C(O)NC(c1cncc(Br)c1)C(O)c1cc(F)ccc1F. The zero-order valence-corrected chi connectivity index (χ0v) is 12.6. The fraction of sp³-hybridized carbons (Fsp3) is 0.143. The number of carbonyl (C=O) groups is 1. The summed E-state index contributed by atoms with van der Waals surface area (Å²) in [5, 5.41) is 21.3. The van der Waals surface area contributed by atoms with E-state index in [-0.39, 0.29) is 5.56 Å². The van der Waals surface area contributed by atoms with Crippen LogP contribution in [0.2, 0.25) is 0 Å². The first-order valence-corrected chi connectivity index (χ1v) is 6.90. The van der Waals surface area contributed by atoms with Gasteiger partial charge in [0.25, 0.3) is 0 Å². The molecular weight excluding hydrogens is 362 g/mol. The van der Waals surface area contributed by atoms with E-state index >= 15 is 0 Å². The number of halogens is 3. The molecule has 0 fully saturated rings. The number of hydrogen-bond acceptors (Lipinski definition) is 3. The summed E-state index contributed by atoms with van der Waals surface area (Å²) in [4.78, 5) is 14.8. The van der Waals surface area contributed by atoms with E-state index in [1.165, 1.54) is 18.5 Å². The molecule has 0 aliphatic rings. The van der Waals surface area contributed by atoms with Gasteiger partial charge in [-0.05, 0) is 45.8 Å². The molecule has 116 valence electrons. The Bertz CT molecular complexity index is 700. The Morgan fingerprint density at radius 3 is 2.64 bits per heavy atom. The van der Waals surface area contributed by atoms with E-state index in [2.05, 4.69) is 26.2 Å². The number of aromatic nitrogens is 1. The quantitative estimate of drug-likeness (QED) is 0.769. The van der Waals surface area contributed by atoms with Crippen LogP contribution in [0.25, 0.3) is 0 Å². The molecule has 22 heavy (non-hydrogen) atoms. The van der Waals surface area contributed by atoms with Crippen LogP contribution in [-0.4, -0.2) is 21.3 Å². The van der Waals surface area contributed by atoms with E-state index in [4.69, 9.17) is 5.11 Å². The fourth-order valence-electron chi connectivity index (χ4n) is 2.00. The second-order valence-electron chi connectivity index (χ2n) is 4.47. The minimum absolute atomic E-state index is 0.299. The van der Waals surface area contributed by atoms with Crippen LogP contribution in [0.3, 0.4) is 0 Å². The molecule has 2 aromatic rings. The van der Waals surface area contributed by atoms with Crippen LogP contribution in [0.15, 0.2) is 41.1 Å². The number of hydrogen-bond donors (Lipinski definition) is 3. The van der Waals surface area contributed by atoms with Crippen LogP contribution in [0.4, 0.5) is 13.6 Å². The number of aliphatic hydroxyl groups excluding tert-OH is 1. The average molecular weight is 373 g/mol. The van der Waals surface area contributed by atoms with Crippen LogP contribution in [0.5, 0.6) is 0 Å². The van der Waals surface area contributed by atoms with E-state index in [0.29, 0.717) is 10.0 Å². The lowest BCUT2D eigenvalue weighted by molar-refractivity contribution is 0.117. The smallest absolute Gasteiger partial charge is 0.405 e. The van der Waals surface area contributed by atoms with Crippen molar-refractivity contribution < 1.29 is 23.8 Å². The highest BCUT2D eigenvalue weighted by Gasteiger charge is 2.27. The van der Waals surface area contributed by atoms with E-state index in [9.17, 15) is 18.7 Å². The maximum Gasteiger partial charge on any atom is 0.405 e. The minimum atomic E-state index is -1.62. The van der Waals surface area contributed by atoms with Crippen molar-refractivity contribution in [1.29, 1.82) is 0 Å². The molecule has 0 saturated carbocycles. The molecule has 0 aliphatic carbocycles. The Hall–Kier alpha value is -2.06. The van der Waals surface area contributed by atoms with Crippen molar-refractivity contribution in [2.45, 2.75) is 12.1 Å². The van der Waals surface area contributed by atoms with Gasteiger partial charge in [-0.3, -0.25) is 4.98 Å². The number of nitrogens with one attached hydrogen (secondary N) is 1. The first kappa shape index (κ1) is 16.3. The highest BCUT2D eigenvalue weighted by Crippen LogP contribution is 2.31. The predicted octanol–water partition coefficient (Wildman–Crippen LogP) is 3.16. The van der Waals surface area contributed by atoms with Crippen molar-refractivity contribution in [2.75, 3.05) is 0 Å². The van der Waals surface area contributed by atoms with Crippen LogP contribution < -0.4 is 5.32 Å². The summed E-state index contributed by atoms with van der Waals surface area (Å²) in [7, 11) is 0. The molecule has 3 N–H and O–H groups in total. The monoisotopic (exact) mass is 372 g/mol. The van der Waals surface area contributed by atoms with E-state index < -0.39 is 29.9 Å². The molecule has 0 saturated heterocycles. The Kier molecular flexibility index (Phi) is 5.04. The number of aliphatic hydroxyl groups is 1. The molecule has 1 aromatic heterocycles. The van der Waals surface area contributed by atoms with Crippen molar-refractivity contribution >= 4 is 22.0 Å². The number of nitrogens with zero attached hydrogens (tertiary/aromatic N) is 1. The van der Waals surface area contributed by atoms with Crippen molar-refractivity contribution in [2.24, 2.45) is 0 Å². The summed E-state index contributed by atoms with van der Waals surface area (Å²) >= 11 is 3.17. The second-order valence-corrected chi connectivity index (χ2v) is 5.39. The summed E-state index contributed by atoms with van der Waals surface area (Å²) < 4.78 is 27.6. The predicted molar refractivity (Wildman–Crippen MR) is 77.2 cm³/mol. The lowest BCUT2D eigenvalue weighted by Gasteiger charge is -2.24. The Balaban J connectivity index is 2.44. The molecule has 1 amide bonds. The van der Waals surface area contributed by atoms with Crippen molar-refractivity contribution in [3.63, 3.8) is 0 Å². The van der Waals surface area contributed by atoms with Gasteiger partial charge in [0.05, 0.1) is 6.04 Å². The minimum Gasteiger partial charge on any atom is -0.465 e. The van der Waals surface area contributed by atoms with Gasteiger partial charge in [0.15, 0.2) is 0 Å². The number of amides is 1. The molecule has 2 rings (SSSR count). The molecular formula is C14H11BrF2N2O3. The molecule has 0 bridgehead atoms. The fourth-order valence-corrected chi connectivity index (χ4v) is 2.38. The third kappa shape index (κ3) is 3.77. The van der Waals surface area contributed by atoms with Gasteiger partial charge in [0.2, 0.25) is 0 Å². The standard InChI is InChI=1S/C14H11BrF2N2O3/c15-8-3-7(5-18-6-8)12(19-14(21)22)13(20)10-4-9(16)1-2-11(10)17/h1-6,12-13,19-20H,(H,21,22). The van der Waals surface area contributed by atoms with Crippen LogP contribution in [-0.2, 0) is 0 Å². The lowest BCUT2D eigenvalue weighted by Crippen LogP contribution is -2.32. The molecule has 5 nitrogen and oxygen atoms in total. The van der Waals surface area contributed by atoms with Crippen LogP contribution in [0, 0.1) is 11.6 Å². The van der Waals surface area contributed by atoms with E-state index in [1.54, 1.807) is 0 Å². The molecule has 0 aliphatic heterocycles. The number of pyridine rings is 1. The zero-order chi connectivity index (χ0) is 16.3.